The van der Waals surface area contributed by atoms with Gasteiger partial charge < -0.3 is 10.2 Å². The van der Waals surface area contributed by atoms with Crippen molar-refractivity contribution in [3.05, 3.63) is 20.2 Å². The van der Waals surface area contributed by atoms with Crippen LogP contribution in [0.25, 0.3) is 0 Å². The van der Waals surface area contributed by atoms with Crippen molar-refractivity contribution in [2.75, 3.05) is 0 Å². The van der Waals surface area contributed by atoms with Gasteiger partial charge in [-0.1, -0.05) is 21.6 Å². The lowest BCUT2D eigenvalue weighted by molar-refractivity contribution is -0.533. The standard InChI is InChI=1S/C14H20N2O8S2/c17-13(18)9-5-7(1-3-11(9)15(21)22)25-26-8-2-4-12(16(23)24)10(6-8)14(19)20/h7-12H,1-6H2,(H,17,18)(H,19,20). The molecule has 0 aromatic heterocycles. The number of rotatable bonds is 7. The van der Waals surface area contributed by atoms with Gasteiger partial charge in [0.2, 0.25) is 12.1 Å². The van der Waals surface area contributed by atoms with Gasteiger partial charge in [0.25, 0.3) is 0 Å². The summed E-state index contributed by atoms with van der Waals surface area (Å²) in [6, 6.07) is -2.14. The predicted octanol–water partition coefficient (Wildman–Crippen LogP) is 2.17. The van der Waals surface area contributed by atoms with Crippen molar-refractivity contribution in [3.8, 4) is 0 Å². The maximum atomic E-state index is 11.3. The molecule has 12 heteroatoms. The molecule has 0 bridgehead atoms. The molecule has 0 amide bonds. The lowest BCUT2D eigenvalue weighted by Gasteiger charge is -2.31. The first-order chi connectivity index (χ1) is 12.2. The number of carboxylic acid groups (broad SMARTS) is 2. The summed E-state index contributed by atoms with van der Waals surface area (Å²) in [5, 5.41) is 40.3. The van der Waals surface area contributed by atoms with Crippen molar-refractivity contribution in [1.82, 2.24) is 0 Å². The molecule has 2 fully saturated rings. The second-order valence-electron chi connectivity index (χ2n) is 6.66. The molecular formula is C14H20N2O8S2. The minimum Gasteiger partial charge on any atom is -0.481 e. The van der Waals surface area contributed by atoms with Crippen LogP contribution in [0, 0.1) is 32.1 Å². The summed E-state index contributed by atoms with van der Waals surface area (Å²) in [6.07, 6.45) is 1.86. The van der Waals surface area contributed by atoms with E-state index >= 15 is 0 Å². The normalized spacial score (nSPS) is 34.8. The van der Waals surface area contributed by atoms with Crippen LogP contribution in [0.15, 0.2) is 0 Å². The van der Waals surface area contributed by atoms with Gasteiger partial charge in [0.15, 0.2) is 0 Å². The summed E-state index contributed by atoms with van der Waals surface area (Å²) in [4.78, 5) is 43.5. The molecule has 146 valence electrons. The third-order valence-electron chi connectivity index (χ3n) is 5.04. The average Bonchev–Trinajstić information content (AvgIpc) is 2.59. The first-order valence-electron chi connectivity index (χ1n) is 8.25. The highest BCUT2D eigenvalue weighted by Crippen LogP contribution is 2.45. The Balaban J connectivity index is 1.89. The lowest BCUT2D eigenvalue weighted by atomic mass is 9.84. The number of hydrogen-bond donors (Lipinski definition) is 2. The third-order valence-corrected chi connectivity index (χ3v) is 8.51. The van der Waals surface area contributed by atoms with E-state index in [0.29, 0.717) is 12.8 Å². The molecule has 2 rings (SSSR count). The van der Waals surface area contributed by atoms with E-state index in [1.54, 1.807) is 0 Å². The molecule has 0 aliphatic heterocycles. The van der Waals surface area contributed by atoms with E-state index in [4.69, 9.17) is 0 Å². The van der Waals surface area contributed by atoms with Gasteiger partial charge in [-0.05, 0) is 25.7 Å². The van der Waals surface area contributed by atoms with Crippen LogP contribution in [-0.4, -0.2) is 54.6 Å². The second-order valence-corrected chi connectivity index (χ2v) is 9.53. The van der Waals surface area contributed by atoms with Gasteiger partial charge in [-0.2, -0.15) is 0 Å². The molecule has 2 saturated carbocycles. The molecule has 0 saturated heterocycles. The maximum absolute atomic E-state index is 11.3. The molecule has 2 aliphatic carbocycles. The van der Waals surface area contributed by atoms with E-state index in [1.165, 1.54) is 21.6 Å². The molecule has 6 atom stereocenters. The van der Waals surface area contributed by atoms with Crippen LogP contribution in [-0.2, 0) is 9.59 Å². The Kier molecular flexibility index (Phi) is 7.09. The van der Waals surface area contributed by atoms with Crippen molar-refractivity contribution >= 4 is 33.5 Å². The second kappa shape index (κ2) is 8.89. The molecule has 0 radical (unpaired) electrons. The minimum atomic E-state index is -1.17. The summed E-state index contributed by atoms with van der Waals surface area (Å²) in [7, 11) is 2.86. The van der Waals surface area contributed by atoms with Crippen molar-refractivity contribution in [2.45, 2.75) is 61.1 Å². The SMILES string of the molecule is O=C(O)C1CC(SSC2CCC([N+](=O)[O-])C(C(=O)O)C2)CCC1[N+](=O)[O-]. The molecule has 2 aliphatic rings. The van der Waals surface area contributed by atoms with Gasteiger partial charge in [-0.3, -0.25) is 29.8 Å². The summed E-state index contributed by atoms with van der Waals surface area (Å²) in [5.74, 6) is -4.37. The highest BCUT2D eigenvalue weighted by atomic mass is 33.1. The average molecular weight is 408 g/mol. The summed E-state index contributed by atoms with van der Waals surface area (Å²) in [5.41, 5.74) is 0. The first kappa shape index (κ1) is 20.7. The summed E-state index contributed by atoms with van der Waals surface area (Å²) >= 11 is 0. The Labute approximate surface area is 156 Å². The quantitative estimate of drug-likeness (QED) is 0.363. The van der Waals surface area contributed by atoms with Crippen molar-refractivity contribution < 1.29 is 29.6 Å². The van der Waals surface area contributed by atoms with Gasteiger partial charge in [-0.25, -0.2) is 0 Å². The highest BCUT2D eigenvalue weighted by Gasteiger charge is 2.45. The van der Waals surface area contributed by atoms with E-state index in [1.807, 2.05) is 0 Å². The number of nitro groups is 2. The smallest absolute Gasteiger partial charge is 0.313 e. The molecule has 0 aromatic rings. The molecule has 0 heterocycles. The van der Waals surface area contributed by atoms with Crippen molar-refractivity contribution in [1.29, 1.82) is 0 Å². The Morgan fingerprint density at radius 2 is 1.12 bits per heavy atom. The zero-order chi connectivity index (χ0) is 19.4. The predicted molar refractivity (Wildman–Crippen MR) is 94.3 cm³/mol. The number of hydrogen-bond acceptors (Lipinski definition) is 8. The zero-order valence-electron chi connectivity index (χ0n) is 13.8. The van der Waals surface area contributed by atoms with E-state index in [2.05, 4.69) is 0 Å². The van der Waals surface area contributed by atoms with Crippen LogP contribution >= 0.6 is 21.6 Å². The largest absolute Gasteiger partial charge is 0.481 e. The zero-order valence-corrected chi connectivity index (χ0v) is 15.4. The summed E-state index contributed by atoms with van der Waals surface area (Å²) < 4.78 is 0. The molecule has 10 nitrogen and oxygen atoms in total. The molecule has 0 aromatic carbocycles. The Morgan fingerprint density at radius 1 is 0.769 bits per heavy atom. The number of carboxylic acids is 2. The minimum absolute atomic E-state index is 0.0613. The van der Waals surface area contributed by atoms with Crippen LogP contribution in [0.1, 0.15) is 38.5 Å². The molecule has 2 N–H and O–H groups in total. The van der Waals surface area contributed by atoms with Crippen LogP contribution < -0.4 is 0 Å². The van der Waals surface area contributed by atoms with Gasteiger partial charge in [0, 0.05) is 33.2 Å². The number of aliphatic carboxylic acids is 2. The number of nitrogens with zero attached hydrogens (tertiary/aromatic N) is 2. The van der Waals surface area contributed by atoms with E-state index in [9.17, 15) is 40.0 Å². The highest BCUT2D eigenvalue weighted by molar-refractivity contribution is 8.77. The molecular weight excluding hydrogens is 388 g/mol. The fourth-order valence-electron chi connectivity index (χ4n) is 3.60. The molecule has 6 unspecified atom stereocenters. The maximum Gasteiger partial charge on any atom is 0.313 e. The van der Waals surface area contributed by atoms with E-state index < -0.39 is 45.7 Å². The van der Waals surface area contributed by atoms with Crippen LogP contribution in [0.4, 0.5) is 0 Å². The molecule has 26 heavy (non-hydrogen) atoms. The van der Waals surface area contributed by atoms with Gasteiger partial charge in [0.1, 0.15) is 11.8 Å². The Bertz CT molecular complexity index is 539. The van der Waals surface area contributed by atoms with Crippen molar-refractivity contribution in [3.63, 3.8) is 0 Å². The first-order valence-corrected chi connectivity index (χ1v) is 10.5. The lowest BCUT2D eigenvalue weighted by Crippen LogP contribution is -2.41. The Hall–Kier alpha value is -1.56. The fraction of sp³-hybridized carbons (Fsp3) is 0.857. The van der Waals surface area contributed by atoms with Gasteiger partial charge in [0.05, 0.1) is 0 Å². The van der Waals surface area contributed by atoms with Gasteiger partial charge in [-0.15, -0.1) is 0 Å². The van der Waals surface area contributed by atoms with Crippen LogP contribution in [0.2, 0.25) is 0 Å². The third kappa shape index (κ3) is 5.00. The molecule has 0 spiro atoms. The Morgan fingerprint density at radius 3 is 1.38 bits per heavy atom. The van der Waals surface area contributed by atoms with Crippen LogP contribution in [0.5, 0.6) is 0 Å². The summed E-state index contributed by atoms with van der Waals surface area (Å²) in [6.45, 7) is 0. The van der Waals surface area contributed by atoms with Crippen molar-refractivity contribution in [2.24, 2.45) is 11.8 Å². The number of carbonyl (C=O) groups is 2. The topological polar surface area (TPSA) is 161 Å². The van der Waals surface area contributed by atoms with Gasteiger partial charge >= 0.3 is 11.9 Å². The fourth-order valence-corrected chi connectivity index (χ4v) is 6.94. The van der Waals surface area contributed by atoms with E-state index in [0.717, 1.165) is 0 Å². The van der Waals surface area contributed by atoms with E-state index in [-0.39, 0.29) is 36.2 Å². The monoisotopic (exact) mass is 408 g/mol. The van der Waals surface area contributed by atoms with Crippen LogP contribution in [0.3, 0.4) is 0 Å².